The van der Waals surface area contributed by atoms with E-state index in [1.165, 1.54) is 4.68 Å². The number of hydrogen-bond acceptors (Lipinski definition) is 4. The lowest BCUT2D eigenvalue weighted by atomic mass is 10.1. The molecule has 1 N–H and O–H groups in total. The van der Waals surface area contributed by atoms with Crippen LogP contribution in [0.5, 0.6) is 0 Å². The van der Waals surface area contributed by atoms with Gasteiger partial charge in [0.25, 0.3) is 0 Å². The predicted molar refractivity (Wildman–Crippen MR) is 59.4 cm³/mol. The number of carboxylic acid groups (broad SMARTS) is 1. The van der Waals surface area contributed by atoms with Crippen molar-refractivity contribution in [3.8, 4) is 6.01 Å². The third-order valence-corrected chi connectivity index (χ3v) is 2.69. The highest BCUT2D eigenvalue weighted by Crippen LogP contribution is 2.17. The van der Waals surface area contributed by atoms with Crippen LogP contribution in [-0.2, 0) is 6.42 Å². The van der Waals surface area contributed by atoms with Crippen LogP contribution in [0.25, 0.3) is 6.01 Å². The lowest BCUT2D eigenvalue weighted by Crippen LogP contribution is -2.02. The van der Waals surface area contributed by atoms with E-state index in [2.05, 4.69) is 10.1 Å². The Hall–Kier alpha value is -2.11. The van der Waals surface area contributed by atoms with Gasteiger partial charge >= 0.3 is 12.0 Å². The van der Waals surface area contributed by atoms with Crippen LogP contribution in [0.15, 0.2) is 10.7 Å². The van der Waals surface area contributed by atoms with E-state index >= 15 is 0 Å². The normalized spacial score (nSPS) is 10.8. The molecular formula is C11H13N3O3. The van der Waals surface area contributed by atoms with Crippen LogP contribution in [0.3, 0.4) is 0 Å². The van der Waals surface area contributed by atoms with E-state index < -0.39 is 5.97 Å². The van der Waals surface area contributed by atoms with Crippen LogP contribution in [0.1, 0.15) is 34.4 Å². The first-order valence-corrected chi connectivity index (χ1v) is 5.28. The van der Waals surface area contributed by atoms with Gasteiger partial charge in [0.2, 0.25) is 0 Å². The molecule has 0 amide bonds. The molecule has 0 unspecified atom stereocenters. The molecule has 2 rings (SSSR count). The van der Waals surface area contributed by atoms with Crippen LogP contribution >= 0.6 is 0 Å². The van der Waals surface area contributed by atoms with Gasteiger partial charge in [0, 0.05) is 5.69 Å². The van der Waals surface area contributed by atoms with E-state index in [9.17, 15) is 4.79 Å². The molecule has 2 heterocycles. The van der Waals surface area contributed by atoms with Crippen molar-refractivity contribution in [3.05, 3.63) is 28.9 Å². The lowest BCUT2D eigenvalue weighted by molar-refractivity contribution is 0.0690. The summed E-state index contributed by atoms with van der Waals surface area (Å²) in [6.45, 7) is 5.85. The second-order valence-electron chi connectivity index (χ2n) is 3.74. The van der Waals surface area contributed by atoms with Gasteiger partial charge in [-0.1, -0.05) is 6.92 Å². The Morgan fingerprint density at radius 1 is 1.53 bits per heavy atom. The fourth-order valence-electron chi connectivity index (χ4n) is 1.83. The number of aromatic nitrogens is 3. The first-order valence-electron chi connectivity index (χ1n) is 5.28. The van der Waals surface area contributed by atoms with Crippen molar-refractivity contribution in [2.75, 3.05) is 0 Å². The number of aryl methyl sites for hydroxylation is 1. The van der Waals surface area contributed by atoms with Crippen LogP contribution in [0.4, 0.5) is 0 Å². The highest BCUT2D eigenvalue weighted by Gasteiger charge is 2.17. The Balaban J connectivity index is 2.49. The third kappa shape index (κ3) is 1.82. The number of nitrogens with zero attached hydrogens (tertiary/aromatic N) is 3. The zero-order chi connectivity index (χ0) is 12.6. The monoisotopic (exact) mass is 235 g/mol. The molecule has 6 heteroatoms. The van der Waals surface area contributed by atoms with Crippen LogP contribution < -0.4 is 0 Å². The van der Waals surface area contributed by atoms with Crippen molar-refractivity contribution in [2.45, 2.75) is 27.2 Å². The third-order valence-electron chi connectivity index (χ3n) is 2.69. The van der Waals surface area contributed by atoms with Gasteiger partial charge in [0.15, 0.2) is 5.69 Å². The number of carbonyl (C=O) groups is 1. The van der Waals surface area contributed by atoms with E-state index in [1.54, 1.807) is 0 Å². The zero-order valence-corrected chi connectivity index (χ0v) is 9.89. The molecule has 0 aliphatic rings. The second kappa shape index (κ2) is 4.04. The Labute approximate surface area is 97.9 Å². The number of hydrogen-bond donors (Lipinski definition) is 1. The van der Waals surface area contributed by atoms with Gasteiger partial charge in [-0.2, -0.15) is 14.8 Å². The summed E-state index contributed by atoms with van der Waals surface area (Å²) < 4.78 is 6.64. The van der Waals surface area contributed by atoms with Gasteiger partial charge in [-0.25, -0.2) is 4.79 Å². The van der Waals surface area contributed by atoms with Crippen molar-refractivity contribution in [1.82, 2.24) is 14.8 Å². The molecule has 90 valence electrons. The SMILES string of the molecule is CCc1c(C)nn(-c2nc(C(=O)O)co2)c1C. The molecule has 0 saturated carbocycles. The summed E-state index contributed by atoms with van der Waals surface area (Å²) in [6, 6.07) is 0.183. The molecule has 2 aromatic rings. The average molecular weight is 235 g/mol. The van der Waals surface area contributed by atoms with Crippen molar-refractivity contribution in [2.24, 2.45) is 0 Å². The van der Waals surface area contributed by atoms with Crippen molar-refractivity contribution < 1.29 is 14.3 Å². The summed E-state index contributed by atoms with van der Waals surface area (Å²) in [4.78, 5) is 14.6. The number of oxazole rings is 1. The molecule has 17 heavy (non-hydrogen) atoms. The van der Waals surface area contributed by atoms with Gasteiger partial charge in [0.05, 0.1) is 5.69 Å². The fraction of sp³-hybridized carbons (Fsp3) is 0.364. The Kier molecular flexibility index (Phi) is 2.71. The highest BCUT2D eigenvalue weighted by molar-refractivity contribution is 5.84. The molecular weight excluding hydrogens is 222 g/mol. The molecule has 6 nitrogen and oxygen atoms in total. The molecule has 0 atom stereocenters. The van der Waals surface area contributed by atoms with Crippen molar-refractivity contribution in [1.29, 1.82) is 0 Å². The van der Waals surface area contributed by atoms with Gasteiger partial charge in [-0.3, -0.25) is 0 Å². The lowest BCUT2D eigenvalue weighted by Gasteiger charge is -1.98. The molecule has 0 radical (unpaired) electrons. The average Bonchev–Trinajstić information content (AvgIpc) is 2.84. The summed E-state index contributed by atoms with van der Waals surface area (Å²) in [5.41, 5.74) is 2.83. The minimum absolute atomic E-state index is 0.120. The zero-order valence-electron chi connectivity index (χ0n) is 9.89. The molecule has 0 spiro atoms. The summed E-state index contributed by atoms with van der Waals surface area (Å²) in [6.07, 6.45) is 1.98. The Bertz CT molecular complexity index is 569. The van der Waals surface area contributed by atoms with Crippen LogP contribution in [0.2, 0.25) is 0 Å². The maximum Gasteiger partial charge on any atom is 0.357 e. The van der Waals surface area contributed by atoms with E-state index in [0.717, 1.165) is 29.6 Å². The summed E-state index contributed by atoms with van der Waals surface area (Å²) >= 11 is 0. The quantitative estimate of drug-likeness (QED) is 0.876. The van der Waals surface area contributed by atoms with Gasteiger partial charge in [-0.15, -0.1) is 0 Å². The summed E-state index contributed by atoms with van der Waals surface area (Å²) in [7, 11) is 0. The largest absolute Gasteiger partial charge is 0.476 e. The minimum atomic E-state index is -1.11. The van der Waals surface area contributed by atoms with E-state index in [0.29, 0.717) is 0 Å². The van der Waals surface area contributed by atoms with Crippen LogP contribution in [-0.4, -0.2) is 25.8 Å². The standard InChI is InChI=1S/C11H13N3O3/c1-4-8-6(2)13-14(7(8)3)11-12-9(5-17-11)10(15)16/h5H,4H2,1-3H3,(H,15,16). The molecule has 2 aromatic heterocycles. The highest BCUT2D eigenvalue weighted by atomic mass is 16.4. The smallest absolute Gasteiger partial charge is 0.357 e. The van der Waals surface area contributed by atoms with Crippen molar-refractivity contribution in [3.63, 3.8) is 0 Å². The summed E-state index contributed by atoms with van der Waals surface area (Å²) in [5, 5.41) is 13.1. The maximum atomic E-state index is 10.7. The van der Waals surface area contributed by atoms with E-state index in [4.69, 9.17) is 9.52 Å². The van der Waals surface area contributed by atoms with Gasteiger partial charge in [-0.05, 0) is 25.8 Å². The molecule has 0 bridgehead atoms. The number of aromatic carboxylic acids is 1. The predicted octanol–water partition coefficient (Wildman–Crippen LogP) is 1.74. The molecule has 0 aromatic carbocycles. The minimum Gasteiger partial charge on any atom is -0.476 e. The Morgan fingerprint density at radius 2 is 2.24 bits per heavy atom. The van der Waals surface area contributed by atoms with Crippen molar-refractivity contribution >= 4 is 5.97 Å². The summed E-state index contributed by atoms with van der Waals surface area (Å²) in [5.74, 6) is -1.11. The van der Waals surface area contributed by atoms with Gasteiger partial charge < -0.3 is 9.52 Å². The van der Waals surface area contributed by atoms with Crippen LogP contribution in [0, 0.1) is 13.8 Å². The molecule has 0 saturated heterocycles. The first-order chi connectivity index (χ1) is 8.04. The van der Waals surface area contributed by atoms with E-state index in [1.807, 2.05) is 20.8 Å². The van der Waals surface area contributed by atoms with E-state index in [-0.39, 0.29) is 11.7 Å². The number of rotatable bonds is 3. The molecule has 0 fully saturated rings. The molecule has 0 aliphatic heterocycles. The topological polar surface area (TPSA) is 81.2 Å². The fourth-order valence-corrected chi connectivity index (χ4v) is 1.83. The maximum absolute atomic E-state index is 10.7. The van der Waals surface area contributed by atoms with Gasteiger partial charge in [0.1, 0.15) is 6.26 Å². The Morgan fingerprint density at radius 3 is 2.71 bits per heavy atom. The molecule has 0 aliphatic carbocycles. The number of carboxylic acids is 1. The second-order valence-corrected chi connectivity index (χ2v) is 3.74. The first kappa shape index (κ1) is 11.4.